The Morgan fingerprint density at radius 3 is 1.39 bits per heavy atom. The van der Waals surface area contributed by atoms with Crippen LogP contribution in [-0.2, 0) is 25.8 Å². The zero-order valence-corrected chi connectivity index (χ0v) is 30.3. The molecule has 0 aliphatic carbocycles. The van der Waals surface area contributed by atoms with E-state index >= 15 is 0 Å². The third-order valence-electron chi connectivity index (χ3n) is 10.8. The molecule has 4 aliphatic rings. The maximum absolute atomic E-state index is 14.5. The number of esters is 2. The molecule has 0 amide bonds. The minimum absolute atomic E-state index is 0.0223. The second-order valence-electron chi connectivity index (χ2n) is 14.1. The van der Waals surface area contributed by atoms with Crippen LogP contribution in [0.25, 0.3) is 11.1 Å². The average molecular weight is 763 g/mol. The van der Waals surface area contributed by atoms with Crippen molar-refractivity contribution in [2.45, 2.75) is 36.6 Å². The van der Waals surface area contributed by atoms with Gasteiger partial charge < -0.3 is 43.4 Å². The van der Waals surface area contributed by atoms with Gasteiger partial charge in [-0.2, -0.15) is 0 Å². The van der Waals surface area contributed by atoms with Gasteiger partial charge >= 0.3 is 23.5 Å². The highest BCUT2D eigenvalue weighted by Crippen LogP contribution is 2.61. The number of ether oxygens (including phenoxy) is 7. The van der Waals surface area contributed by atoms with E-state index in [1.165, 1.54) is 12.1 Å². The lowest BCUT2D eigenvalue weighted by Gasteiger charge is -2.30. The molecule has 284 valence electrons. The van der Waals surface area contributed by atoms with Crippen molar-refractivity contribution < 1.29 is 53.0 Å². The van der Waals surface area contributed by atoms with Crippen LogP contribution in [0, 0.1) is 0 Å². The molecule has 4 heterocycles. The molecule has 0 unspecified atom stereocenters. The van der Waals surface area contributed by atoms with Gasteiger partial charge in [0.1, 0.15) is 18.8 Å². The number of carbonyl (C=O) groups excluding carboxylic acids is 2. The highest BCUT2D eigenvalue weighted by molar-refractivity contribution is 6.08. The van der Waals surface area contributed by atoms with E-state index in [-0.39, 0.29) is 51.9 Å². The molecule has 10 rings (SSSR count). The van der Waals surface area contributed by atoms with Crippen molar-refractivity contribution in [3.05, 3.63) is 167 Å². The second kappa shape index (κ2) is 13.3. The zero-order chi connectivity index (χ0) is 38.7. The van der Waals surface area contributed by atoms with Gasteiger partial charge in [-0.1, -0.05) is 121 Å². The molecule has 2 atom stereocenters. The van der Waals surface area contributed by atoms with Crippen LogP contribution >= 0.6 is 0 Å². The Balaban J connectivity index is 1.21. The molecule has 0 spiro atoms. The molecule has 0 bridgehead atoms. The minimum atomic E-state index is -1.60. The summed E-state index contributed by atoms with van der Waals surface area (Å²) in [6.07, 6.45) is -0.503. The van der Waals surface area contributed by atoms with Gasteiger partial charge in [0, 0.05) is 40.0 Å². The van der Waals surface area contributed by atoms with Gasteiger partial charge in [-0.3, -0.25) is 0 Å². The summed E-state index contributed by atoms with van der Waals surface area (Å²) in [4.78, 5) is 28.8. The molecule has 11 nitrogen and oxygen atoms in total. The quantitative estimate of drug-likeness (QED) is 0.169. The van der Waals surface area contributed by atoms with E-state index < -0.39 is 47.2 Å². The van der Waals surface area contributed by atoms with Crippen molar-refractivity contribution in [3.63, 3.8) is 0 Å². The molecule has 1 saturated heterocycles. The molecule has 4 aliphatic heterocycles. The Kier molecular flexibility index (Phi) is 8.08. The van der Waals surface area contributed by atoms with Crippen LogP contribution in [0.2, 0.25) is 0 Å². The number of hydrogen-bond acceptors (Lipinski definition) is 11. The fourth-order valence-electron chi connectivity index (χ4n) is 8.04. The van der Waals surface area contributed by atoms with Crippen LogP contribution in [0.4, 0.5) is 0 Å². The first kappa shape index (κ1) is 34.5. The van der Waals surface area contributed by atoms with E-state index in [9.17, 15) is 19.8 Å². The molecule has 0 aromatic heterocycles. The van der Waals surface area contributed by atoms with E-state index in [4.69, 9.17) is 33.2 Å². The lowest BCUT2D eigenvalue weighted by molar-refractivity contribution is -0.104. The normalized spacial score (nSPS) is 19.9. The highest BCUT2D eigenvalue weighted by atomic mass is 16.7. The molecule has 11 heteroatoms. The molecule has 2 N–H and O–H groups in total. The predicted molar refractivity (Wildman–Crippen MR) is 204 cm³/mol. The van der Waals surface area contributed by atoms with Gasteiger partial charge in [-0.15, -0.1) is 0 Å². The summed E-state index contributed by atoms with van der Waals surface area (Å²) >= 11 is 0. The lowest BCUT2D eigenvalue weighted by Crippen LogP contribution is -2.41. The number of phenols is 2. The van der Waals surface area contributed by atoms with Crippen LogP contribution in [-0.4, -0.2) is 47.6 Å². The molecule has 6 aromatic rings. The van der Waals surface area contributed by atoms with Crippen molar-refractivity contribution in [1.29, 1.82) is 0 Å². The molecule has 0 radical (unpaired) electrons. The average Bonchev–Trinajstić information content (AvgIpc) is 3.86. The first-order valence-corrected chi connectivity index (χ1v) is 18.6. The van der Waals surface area contributed by atoms with Gasteiger partial charge in [0.25, 0.3) is 0 Å². The third-order valence-corrected chi connectivity index (χ3v) is 10.8. The Morgan fingerprint density at radius 1 is 0.526 bits per heavy atom. The van der Waals surface area contributed by atoms with Crippen molar-refractivity contribution in [2.24, 2.45) is 0 Å². The molecule has 0 saturated carbocycles. The Morgan fingerprint density at radius 2 is 0.947 bits per heavy atom. The topological polar surface area (TPSA) is 139 Å². The van der Waals surface area contributed by atoms with Gasteiger partial charge in [0.2, 0.25) is 11.5 Å². The largest absolute Gasteiger partial charge is 0.504 e. The molecule has 1 fully saturated rings. The van der Waals surface area contributed by atoms with Crippen LogP contribution in [0.15, 0.2) is 133 Å². The molecule has 57 heavy (non-hydrogen) atoms. The van der Waals surface area contributed by atoms with Gasteiger partial charge in [-0.25, -0.2) is 9.59 Å². The van der Waals surface area contributed by atoms with Crippen molar-refractivity contribution in [2.75, 3.05) is 13.2 Å². The number of carbonyl (C=O) groups is 2. The summed E-state index contributed by atoms with van der Waals surface area (Å²) in [7, 11) is 0. The summed E-state index contributed by atoms with van der Waals surface area (Å²) in [5, 5.41) is 24.9. The maximum atomic E-state index is 14.5. The maximum Gasteiger partial charge on any atom is 0.339 e. The Bertz CT molecular complexity index is 2440. The monoisotopic (exact) mass is 762 g/mol. The summed E-state index contributed by atoms with van der Waals surface area (Å²) in [5.41, 5.74) is 1.44. The number of fused-ring (bicyclic) bond motifs is 6. The van der Waals surface area contributed by atoms with Gasteiger partial charge in [-0.05, 0) is 25.0 Å². The standard InChI is InChI=1S/C46H34O11/c47-39-37-31(24-34-41(39)56-45(54-34,27-14-5-1-6-15-27)28-16-7-2-8-17-28)43(49)52-26-36-33(22-13-23-51-36)53-44(50)32-25-35-42(40(48)38(32)37)57-46(55-35,29-18-9-3-10-19-29)30-20-11-4-12-21-30/h1-12,14-21,24-25,33,36,47-48H,13,22-23,26H2/t33-,36+/m0/s1. The SMILES string of the molecule is O=C1OC[C@H]2OCCC[C@@H]2OC(=O)c2cc3c(c(O)c2-c2c1cc1c(c2O)OC(c2ccccc2)(c2ccccc2)O1)OC(c1ccccc1)(c1ccccc1)O3. The smallest absolute Gasteiger partial charge is 0.339 e. The van der Waals surface area contributed by atoms with Gasteiger partial charge in [0.15, 0.2) is 23.0 Å². The number of hydrogen-bond donors (Lipinski definition) is 2. The lowest BCUT2D eigenvalue weighted by atomic mass is 9.92. The van der Waals surface area contributed by atoms with E-state index in [1.807, 2.05) is 121 Å². The number of cyclic esters (lactones) is 1. The zero-order valence-electron chi connectivity index (χ0n) is 30.3. The second-order valence-corrected chi connectivity index (χ2v) is 14.1. The van der Waals surface area contributed by atoms with Crippen LogP contribution in [0.1, 0.15) is 55.8 Å². The van der Waals surface area contributed by atoms with E-state index in [0.717, 1.165) is 0 Å². The van der Waals surface area contributed by atoms with Crippen molar-refractivity contribution in [1.82, 2.24) is 0 Å². The van der Waals surface area contributed by atoms with E-state index in [0.29, 0.717) is 41.7 Å². The van der Waals surface area contributed by atoms with Crippen molar-refractivity contribution in [3.8, 4) is 45.6 Å². The van der Waals surface area contributed by atoms with E-state index in [1.54, 1.807) is 0 Å². The predicted octanol–water partition coefficient (Wildman–Crippen LogP) is 7.98. The summed E-state index contributed by atoms with van der Waals surface area (Å²) in [6.45, 7) is 0.135. The summed E-state index contributed by atoms with van der Waals surface area (Å²) < 4.78 is 44.4. The molecular formula is C46H34O11. The number of rotatable bonds is 4. The fourth-order valence-corrected chi connectivity index (χ4v) is 8.04. The van der Waals surface area contributed by atoms with Crippen LogP contribution in [0.5, 0.6) is 34.5 Å². The van der Waals surface area contributed by atoms with E-state index in [2.05, 4.69) is 0 Å². The first-order valence-electron chi connectivity index (χ1n) is 18.6. The van der Waals surface area contributed by atoms with Gasteiger partial charge in [0.05, 0.1) is 11.1 Å². The Labute approximate surface area is 326 Å². The highest BCUT2D eigenvalue weighted by Gasteiger charge is 2.51. The number of aromatic hydroxyl groups is 2. The molecular weight excluding hydrogens is 728 g/mol. The fraction of sp³-hybridized carbons (Fsp3) is 0.174. The summed E-state index contributed by atoms with van der Waals surface area (Å²) in [6, 6.07) is 39.4. The summed E-state index contributed by atoms with van der Waals surface area (Å²) in [5.74, 6) is -6.34. The first-order chi connectivity index (χ1) is 27.9. The van der Waals surface area contributed by atoms with Crippen LogP contribution < -0.4 is 18.9 Å². The van der Waals surface area contributed by atoms with Crippen LogP contribution in [0.3, 0.4) is 0 Å². The minimum Gasteiger partial charge on any atom is -0.504 e. The number of benzene rings is 6. The number of phenolic OH excluding ortho intramolecular Hbond substituents is 2. The Hall–Kier alpha value is -6.98. The van der Waals surface area contributed by atoms with Crippen molar-refractivity contribution >= 4 is 11.9 Å². The molecule has 6 aromatic carbocycles. The third kappa shape index (κ3) is 5.45.